The first-order valence-corrected chi connectivity index (χ1v) is 12.4. The van der Waals surface area contributed by atoms with Gasteiger partial charge in [0.25, 0.3) is 0 Å². The second-order valence-electron chi connectivity index (χ2n) is 7.65. The Hall–Kier alpha value is -0.568. The predicted octanol–water partition coefficient (Wildman–Crippen LogP) is 1.33. The van der Waals surface area contributed by atoms with Crippen LogP contribution in [-0.4, -0.2) is 47.6 Å². The lowest BCUT2D eigenvalue weighted by molar-refractivity contribution is 0.0869. The van der Waals surface area contributed by atoms with Gasteiger partial charge in [0, 0.05) is 26.5 Å². The van der Waals surface area contributed by atoms with Crippen molar-refractivity contribution < 1.29 is 9.29 Å². The van der Waals surface area contributed by atoms with E-state index < -0.39 is 19.4 Å². The Morgan fingerprint density at radius 2 is 2.09 bits per heavy atom. The Labute approximate surface area is 139 Å². The lowest BCUT2D eigenvalue weighted by Gasteiger charge is -2.17. The van der Waals surface area contributed by atoms with Crippen molar-refractivity contribution in [2.45, 2.75) is 57.9 Å². The molecule has 0 radical (unpaired) electrons. The minimum atomic E-state index is -1.28. The Bertz CT molecular complexity index is 509. The second kappa shape index (κ2) is 7.81. The fourth-order valence-electron chi connectivity index (χ4n) is 1.57. The highest BCUT2D eigenvalue weighted by Crippen LogP contribution is 2.16. The molecule has 1 aromatic rings. The first-order chi connectivity index (χ1) is 9.99. The van der Waals surface area contributed by atoms with Gasteiger partial charge in [-0.1, -0.05) is 24.0 Å². The van der Waals surface area contributed by atoms with Crippen LogP contribution in [0.3, 0.4) is 0 Å². The maximum absolute atomic E-state index is 12.0. The van der Waals surface area contributed by atoms with Crippen molar-refractivity contribution in [3.05, 3.63) is 12.0 Å². The third-order valence-electron chi connectivity index (χ3n) is 2.94. The summed E-state index contributed by atoms with van der Waals surface area (Å²) in [6, 6.07) is 1.14. The van der Waals surface area contributed by atoms with E-state index in [9.17, 15) is 4.55 Å². The molecule has 0 amide bonds. The van der Waals surface area contributed by atoms with Crippen LogP contribution in [0.2, 0.25) is 25.7 Å². The van der Waals surface area contributed by atoms with E-state index in [4.69, 9.17) is 4.74 Å². The molecule has 124 valence electrons. The van der Waals surface area contributed by atoms with Gasteiger partial charge in [-0.2, -0.15) is 0 Å². The Morgan fingerprint density at radius 3 is 2.64 bits per heavy atom. The molecule has 0 aliphatic carbocycles. The topological polar surface area (TPSA) is 62.5 Å². The fourth-order valence-corrected chi connectivity index (χ4v) is 2.83. The molecule has 0 fully saturated rings. The van der Waals surface area contributed by atoms with E-state index >= 15 is 0 Å². The molecule has 5 nitrogen and oxygen atoms in total. The first kappa shape index (κ1) is 19.5. The quantitative estimate of drug-likeness (QED) is 0.325. The molecule has 1 aromatic heterocycles. The van der Waals surface area contributed by atoms with Crippen molar-refractivity contribution in [3.63, 3.8) is 0 Å². The van der Waals surface area contributed by atoms with E-state index in [1.165, 1.54) is 0 Å². The normalized spacial score (nSPS) is 14.7. The van der Waals surface area contributed by atoms with Crippen molar-refractivity contribution in [2.75, 3.05) is 6.61 Å². The second-order valence-corrected chi connectivity index (χ2v) is 15.2. The molecule has 22 heavy (non-hydrogen) atoms. The highest BCUT2D eigenvalue weighted by atomic mass is 32.2. The summed E-state index contributed by atoms with van der Waals surface area (Å²) in [5.74, 6) is 0.683. The SMILES string of the molecule is Bc1cn(COCC[Si](C)(C)C)c(/C=N/[S@@+]([O-])C(C)(C)C)n1. The van der Waals surface area contributed by atoms with Crippen LogP contribution in [0.5, 0.6) is 0 Å². The van der Waals surface area contributed by atoms with Crippen LogP contribution in [0, 0.1) is 0 Å². The summed E-state index contributed by atoms with van der Waals surface area (Å²) in [5, 5.41) is 0. The highest BCUT2D eigenvalue weighted by Gasteiger charge is 2.26. The van der Waals surface area contributed by atoms with Crippen LogP contribution in [0.1, 0.15) is 26.6 Å². The summed E-state index contributed by atoms with van der Waals surface area (Å²) in [5.41, 5.74) is 0.900. The number of imidazole rings is 1. The van der Waals surface area contributed by atoms with E-state index in [1.807, 2.05) is 39.4 Å². The standard InChI is InChI=1S/C14H28BN3O2SSi/c1-14(2,3)21(19)16-9-13-17-12(15)10-18(13)11-20-7-8-22(4,5)6/h9-10H,7-8,11,15H2,1-6H3/b16-9+/t21-/m0/s1. The zero-order valence-corrected chi connectivity index (χ0v) is 16.7. The van der Waals surface area contributed by atoms with Gasteiger partial charge in [0.2, 0.25) is 0 Å². The molecule has 8 heteroatoms. The highest BCUT2D eigenvalue weighted by molar-refractivity contribution is 7.91. The first-order valence-electron chi connectivity index (χ1n) is 7.57. The zero-order valence-electron chi connectivity index (χ0n) is 14.8. The lowest BCUT2D eigenvalue weighted by atomic mass is 10.1. The van der Waals surface area contributed by atoms with Crippen molar-refractivity contribution in [1.29, 1.82) is 0 Å². The fraction of sp³-hybridized carbons (Fsp3) is 0.714. The van der Waals surface area contributed by atoms with E-state index in [-0.39, 0.29) is 4.75 Å². The summed E-state index contributed by atoms with van der Waals surface area (Å²) in [6.45, 7) is 13.9. The average molecular weight is 341 g/mol. The van der Waals surface area contributed by atoms with Gasteiger partial charge in [-0.25, -0.2) is 4.98 Å². The summed E-state index contributed by atoms with van der Waals surface area (Å²) in [6.07, 6.45) is 3.51. The lowest BCUT2D eigenvalue weighted by Crippen LogP contribution is -2.26. The van der Waals surface area contributed by atoms with Crippen LogP contribution < -0.4 is 5.59 Å². The summed E-state index contributed by atoms with van der Waals surface area (Å²) >= 11 is -1.28. The van der Waals surface area contributed by atoms with Crippen LogP contribution in [-0.2, 0) is 22.8 Å². The van der Waals surface area contributed by atoms with Crippen LogP contribution in [0.15, 0.2) is 10.6 Å². The molecule has 0 spiro atoms. The molecule has 1 atom stereocenters. The predicted molar refractivity (Wildman–Crippen MR) is 100.0 cm³/mol. The number of hydrogen-bond acceptors (Lipinski definition) is 4. The smallest absolute Gasteiger partial charge is 0.166 e. The van der Waals surface area contributed by atoms with Crippen molar-refractivity contribution in [1.82, 2.24) is 9.55 Å². The average Bonchev–Trinajstić information content (AvgIpc) is 2.70. The molecular formula is C14H28BN3O2SSi. The molecule has 1 heterocycles. The number of hydrogen-bond donors (Lipinski definition) is 0. The molecule has 1 rings (SSSR count). The van der Waals surface area contributed by atoms with Crippen LogP contribution in [0.25, 0.3) is 0 Å². The minimum absolute atomic E-state index is 0.364. The Morgan fingerprint density at radius 1 is 1.45 bits per heavy atom. The molecule has 0 aromatic carbocycles. The summed E-state index contributed by atoms with van der Waals surface area (Å²) < 4.78 is 23.4. The molecule has 0 saturated heterocycles. The molecule has 0 N–H and O–H groups in total. The van der Waals surface area contributed by atoms with E-state index in [2.05, 4.69) is 29.0 Å². The molecule has 0 unspecified atom stereocenters. The minimum Gasteiger partial charge on any atom is -0.591 e. The number of rotatable bonds is 7. The monoisotopic (exact) mass is 341 g/mol. The van der Waals surface area contributed by atoms with E-state index in [0.29, 0.717) is 12.6 Å². The van der Waals surface area contributed by atoms with Gasteiger partial charge in [-0.15, -0.1) is 0 Å². The largest absolute Gasteiger partial charge is 0.591 e. The number of ether oxygens (including phenoxy) is 1. The van der Waals surface area contributed by atoms with E-state index in [1.54, 1.807) is 6.21 Å². The Kier molecular flexibility index (Phi) is 6.91. The Balaban J connectivity index is 2.64. The van der Waals surface area contributed by atoms with Gasteiger partial charge < -0.3 is 13.9 Å². The van der Waals surface area contributed by atoms with Gasteiger partial charge in [0.15, 0.2) is 13.7 Å². The third-order valence-corrected chi connectivity index (χ3v) is 5.99. The van der Waals surface area contributed by atoms with Crippen molar-refractivity contribution in [3.8, 4) is 0 Å². The third kappa shape index (κ3) is 7.13. The molecule has 0 saturated carbocycles. The van der Waals surface area contributed by atoms with E-state index in [0.717, 1.165) is 18.2 Å². The molecule has 0 aliphatic rings. The summed E-state index contributed by atoms with van der Waals surface area (Å²) in [7, 11) is 0.856. The van der Waals surface area contributed by atoms with Gasteiger partial charge in [-0.05, 0) is 26.8 Å². The number of nitrogens with zero attached hydrogens (tertiary/aromatic N) is 3. The van der Waals surface area contributed by atoms with Gasteiger partial charge in [0.1, 0.15) is 29.1 Å². The van der Waals surface area contributed by atoms with Crippen LogP contribution >= 0.6 is 0 Å². The zero-order chi connectivity index (χ0) is 17.0. The van der Waals surface area contributed by atoms with Gasteiger partial charge in [0.05, 0.1) is 0 Å². The van der Waals surface area contributed by atoms with Crippen molar-refractivity contribution in [2.24, 2.45) is 4.40 Å². The molecule has 0 bridgehead atoms. The maximum atomic E-state index is 12.0. The van der Waals surface area contributed by atoms with Crippen molar-refractivity contribution >= 4 is 39.1 Å². The van der Waals surface area contributed by atoms with Gasteiger partial charge >= 0.3 is 0 Å². The van der Waals surface area contributed by atoms with Gasteiger partial charge in [-0.3, -0.25) is 0 Å². The van der Waals surface area contributed by atoms with Crippen LogP contribution in [0.4, 0.5) is 0 Å². The molecular weight excluding hydrogens is 313 g/mol. The number of aromatic nitrogens is 2. The summed E-state index contributed by atoms with van der Waals surface area (Å²) in [4.78, 5) is 4.40. The maximum Gasteiger partial charge on any atom is 0.166 e. The molecule has 0 aliphatic heterocycles.